The van der Waals surface area contributed by atoms with Crippen LogP contribution >= 0.6 is 0 Å². The van der Waals surface area contributed by atoms with E-state index in [1.54, 1.807) is 0 Å². The van der Waals surface area contributed by atoms with Crippen LogP contribution in [-0.2, 0) is 0 Å². The van der Waals surface area contributed by atoms with Crippen molar-refractivity contribution in [2.75, 3.05) is 23.3 Å². The number of carbonyl (C=O) groups is 1. The summed E-state index contributed by atoms with van der Waals surface area (Å²) in [5.74, 6) is 0.507. The number of nitrogens with one attached hydrogen (secondary N) is 1. The zero-order valence-corrected chi connectivity index (χ0v) is 14.6. The monoisotopic (exact) mass is 360 g/mol. The van der Waals surface area contributed by atoms with Crippen molar-refractivity contribution in [3.8, 4) is 5.75 Å². The molecule has 2 aromatic carbocycles. The summed E-state index contributed by atoms with van der Waals surface area (Å²) < 4.78 is 28.6. The number of alkyl halides is 2. The molecule has 1 aliphatic heterocycles. The molecule has 0 bridgehead atoms. The first-order chi connectivity index (χ1) is 12.5. The molecular weight excluding hydrogens is 338 g/mol. The summed E-state index contributed by atoms with van der Waals surface area (Å²) in [4.78, 5) is 14.6. The third kappa shape index (κ3) is 4.71. The van der Waals surface area contributed by atoms with Crippen LogP contribution in [0.4, 0.5) is 20.2 Å². The lowest BCUT2D eigenvalue weighted by atomic mass is 9.99. The molecule has 2 aromatic rings. The number of benzene rings is 2. The number of amides is 1. The van der Waals surface area contributed by atoms with Gasteiger partial charge in [0.1, 0.15) is 5.75 Å². The fourth-order valence-corrected chi connectivity index (χ4v) is 3.01. The molecule has 4 nitrogen and oxygen atoms in total. The number of rotatable bonds is 5. The molecule has 0 radical (unpaired) electrons. The Kier molecular flexibility index (Phi) is 5.71. The Balaban J connectivity index is 1.59. The fraction of sp³-hybridized carbons (Fsp3) is 0.350. The highest BCUT2D eigenvalue weighted by atomic mass is 19.3. The smallest absolute Gasteiger partial charge is 0.387 e. The van der Waals surface area contributed by atoms with Crippen molar-refractivity contribution in [2.45, 2.75) is 26.4 Å². The lowest BCUT2D eigenvalue weighted by Crippen LogP contribution is -2.32. The normalized spacial score (nSPS) is 15.2. The Hall–Kier alpha value is -2.63. The van der Waals surface area contributed by atoms with Crippen LogP contribution in [-0.4, -0.2) is 25.6 Å². The predicted octanol–water partition coefficient (Wildman–Crippen LogP) is 4.78. The van der Waals surface area contributed by atoms with Gasteiger partial charge >= 0.3 is 6.61 Å². The summed E-state index contributed by atoms with van der Waals surface area (Å²) >= 11 is 0. The molecule has 0 aliphatic carbocycles. The van der Waals surface area contributed by atoms with E-state index >= 15 is 0 Å². The van der Waals surface area contributed by atoms with Gasteiger partial charge in [0.15, 0.2) is 0 Å². The van der Waals surface area contributed by atoms with E-state index in [1.807, 2.05) is 24.3 Å². The maximum Gasteiger partial charge on any atom is 0.387 e. The quantitative estimate of drug-likeness (QED) is 0.835. The van der Waals surface area contributed by atoms with Gasteiger partial charge in [-0.15, -0.1) is 0 Å². The minimum absolute atomic E-state index is 0.0248. The number of piperidine rings is 1. The Labute approximate surface area is 151 Å². The summed E-state index contributed by atoms with van der Waals surface area (Å²) in [6.07, 6.45) is 2.40. The van der Waals surface area contributed by atoms with E-state index in [0.29, 0.717) is 11.3 Å². The van der Waals surface area contributed by atoms with Crippen LogP contribution in [0, 0.1) is 5.92 Å². The third-order valence-electron chi connectivity index (χ3n) is 4.62. The van der Waals surface area contributed by atoms with Gasteiger partial charge in [0.2, 0.25) is 0 Å². The molecule has 1 heterocycles. The van der Waals surface area contributed by atoms with E-state index in [0.717, 1.165) is 24.7 Å². The second kappa shape index (κ2) is 8.17. The van der Waals surface area contributed by atoms with E-state index in [2.05, 4.69) is 21.9 Å². The van der Waals surface area contributed by atoms with Gasteiger partial charge in [-0.3, -0.25) is 4.79 Å². The van der Waals surface area contributed by atoms with Gasteiger partial charge in [-0.2, -0.15) is 8.78 Å². The summed E-state index contributed by atoms with van der Waals surface area (Å²) in [6, 6.07) is 13.4. The molecule has 6 heteroatoms. The van der Waals surface area contributed by atoms with Crippen LogP contribution in [0.15, 0.2) is 48.5 Å². The highest BCUT2D eigenvalue weighted by molar-refractivity contribution is 6.04. The summed E-state index contributed by atoms with van der Waals surface area (Å²) in [7, 11) is 0. The van der Waals surface area contributed by atoms with Crippen LogP contribution in [0.25, 0.3) is 0 Å². The van der Waals surface area contributed by atoms with Crippen molar-refractivity contribution in [3.05, 3.63) is 54.1 Å². The highest BCUT2D eigenvalue weighted by Gasteiger charge is 2.16. The van der Waals surface area contributed by atoms with E-state index < -0.39 is 6.61 Å². The molecule has 1 amide bonds. The van der Waals surface area contributed by atoms with Crippen LogP contribution in [0.1, 0.15) is 30.1 Å². The number of carbonyl (C=O) groups excluding carboxylic acids is 1. The standard InChI is InChI=1S/C20H22F2N2O2/c1-14-10-12-24(13-11-14)17-6-4-16(5-7-17)23-19(25)15-2-8-18(9-3-15)26-20(21)22/h2-9,14,20H,10-13H2,1H3,(H,23,25). The Morgan fingerprint density at radius 1 is 1.08 bits per heavy atom. The maximum absolute atomic E-state index is 12.3. The molecule has 26 heavy (non-hydrogen) atoms. The van der Waals surface area contributed by atoms with Crippen molar-refractivity contribution < 1.29 is 18.3 Å². The first-order valence-electron chi connectivity index (χ1n) is 8.72. The van der Waals surface area contributed by atoms with Crippen molar-refractivity contribution >= 4 is 17.3 Å². The molecule has 0 aromatic heterocycles. The van der Waals surface area contributed by atoms with E-state index in [9.17, 15) is 13.6 Å². The average Bonchev–Trinajstić information content (AvgIpc) is 2.63. The molecule has 1 aliphatic rings. The number of nitrogens with zero attached hydrogens (tertiary/aromatic N) is 1. The fourth-order valence-electron chi connectivity index (χ4n) is 3.01. The lowest BCUT2D eigenvalue weighted by molar-refractivity contribution is -0.0498. The SMILES string of the molecule is CC1CCN(c2ccc(NC(=O)c3ccc(OC(F)F)cc3)cc2)CC1. The van der Waals surface area contributed by atoms with Crippen LogP contribution in [0.2, 0.25) is 0 Å². The lowest BCUT2D eigenvalue weighted by Gasteiger charge is -2.32. The van der Waals surface area contributed by atoms with Gasteiger partial charge in [0.25, 0.3) is 5.91 Å². The molecule has 0 saturated carbocycles. The zero-order valence-electron chi connectivity index (χ0n) is 14.6. The summed E-state index contributed by atoms with van der Waals surface area (Å²) in [6.45, 7) is 1.51. The molecule has 1 N–H and O–H groups in total. The number of anilines is 2. The Morgan fingerprint density at radius 2 is 1.69 bits per heavy atom. The molecule has 3 rings (SSSR count). The van der Waals surface area contributed by atoms with Gasteiger partial charge in [0.05, 0.1) is 0 Å². The van der Waals surface area contributed by atoms with Gasteiger partial charge in [0, 0.05) is 30.0 Å². The molecule has 0 unspecified atom stereocenters. The van der Waals surface area contributed by atoms with Gasteiger partial charge in [-0.25, -0.2) is 0 Å². The van der Waals surface area contributed by atoms with Gasteiger partial charge < -0.3 is 15.0 Å². The molecule has 0 spiro atoms. The van der Waals surface area contributed by atoms with Crippen LogP contribution in [0.3, 0.4) is 0 Å². The molecule has 138 valence electrons. The van der Waals surface area contributed by atoms with Crippen molar-refractivity contribution in [1.29, 1.82) is 0 Å². The first kappa shape index (κ1) is 18.2. The molecule has 1 fully saturated rings. The second-order valence-electron chi connectivity index (χ2n) is 6.57. The highest BCUT2D eigenvalue weighted by Crippen LogP contribution is 2.24. The van der Waals surface area contributed by atoms with E-state index in [-0.39, 0.29) is 11.7 Å². The van der Waals surface area contributed by atoms with Crippen molar-refractivity contribution in [3.63, 3.8) is 0 Å². The topological polar surface area (TPSA) is 41.6 Å². The largest absolute Gasteiger partial charge is 0.435 e. The average molecular weight is 360 g/mol. The zero-order chi connectivity index (χ0) is 18.5. The molecule has 0 atom stereocenters. The minimum Gasteiger partial charge on any atom is -0.435 e. The van der Waals surface area contributed by atoms with Gasteiger partial charge in [-0.05, 0) is 67.3 Å². The van der Waals surface area contributed by atoms with Gasteiger partial charge in [-0.1, -0.05) is 6.92 Å². The minimum atomic E-state index is -2.88. The third-order valence-corrected chi connectivity index (χ3v) is 4.62. The van der Waals surface area contributed by atoms with Crippen molar-refractivity contribution in [1.82, 2.24) is 0 Å². The van der Waals surface area contributed by atoms with Crippen LogP contribution < -0.4 is 15.0 Å². The Morgan fingerprint density at radius 3 is 2.27 bits per heavy atom. The number of halogens is 2. The molecule has 1 saturated heterocycles. The number of ether oxygens (including phenoxy) is 1. The Bertz CT molecular complexity index is 724. The summed E-state index contributed by atoms with van der Waals surface area (Å²) in [5, 5.41) is 2.81. The second-order valence-corrected chi connectivity index (χ2v) is 6.57. The van der Waals surface area contributed by atoms with E-state index in [4.69, 9.17) is 0 Å². The molecular formula is C20H22F2N2O2. The van der Waals surface area contributed by atoms with E-state index in [1.165, 1.54) is 37.1 Å². The summed E-state index contributed by atoms with van der Waals surface area (Å²) in [5.41, 5.74) is 2.22. The first-order valence-corrected chi connectivity index (χ1v) is 8.72. The predicted molar refractivity (Wildman–Crippen MR) is 98.1 cm³/mol. The van der Waals surface area contributed by atoms with Crippen LogP contribution in [0.5, 0.6) is 5.75 Å². The van der Waals surface area contributed by atoms with Crippen molar-refractivity contribution in [2.24, 2.45) is 5.92 Å². The maximum atomic E-state index is 12.3. The number of hydrogen-bond donors (Lipinski definition) is 1. The number of hydrogen-bond acceptors (Lipinski definition) is 3.